The van der Waals surface area contributed by atoms with Crippen molar-refractivity contribution in [2.45, 2.75) is 44.9 Å². The normalized spacial score (nSPS) is 27.7. The fourth-order valence-corrected chi connectivity index (χ4v) is 4.48. The van der Waals surface area contributed by atoms with E-state index in [9.17, 15) is 14.4 Å². The van der Waals surface area contributed by atoms with Gasteiger partial charge in [0.25, 0.3) is 0 Å². The van der Waals surface area contributed by atoms with Crippen LogP contribution < -0.4 is 10.6 Å². The summed E-state index contributed by atoms with van der Waals surface area (Å²) >= 11 is 0. The van der Waals surface area contributed by atoms with Crippen LogP contribution in [0.5, 0.6) is 0 Å². The molecule has 3 amide bonds. The molecule has 3 aliphatic heterocycles. The van der Waals surface area contributed by atoms with Gasteiger partial charge in [-0.2, -0.15) is 0 Å². The van der Waals surface area contributed by atoms with Crippen LogP contribution in [0.1, 0.15) is 31.7 Å². The monoisotopic (exact) mass is 407 g/mol. The smallest absolute Gasteiger partial charge is 0.235 e. The minimum absolute atomic E-state index is 0. The van der Waals surface area contributed by atoms with Crippen molar-refractivity contribution < 1.29 is 19.1 Å². The van der Waals surface area contributed by atoms with Gasteiger partial charge in [0.05, 0.1) is 24.0 Å². The molecule has 3 aliphatic rings. The lowest BCUT2D eigenvalue weighted by Gasteiger charge is -2.17. The van der Waals surface area contributed by atoms with E-state index in [1.807, 2.05) is 31.2 Å². The molecule has 4 atom stereocenters. The second-order valence-corrected chi connectivity index (χ2v) is 7.41. The van der Waals surface area contributed by atoms with Crippen LogP contribution in [-0.4, -0.2) is 47.9 Å². The molecule has 2 bridgehead atoms. The number of para-hydroxylation sites is 1. The van der Waals surface area contributed by atoms with Gasteiger partial charge in [-0.1, -0.05) is 25.1 Å². The van der Waals surface area contributed by atoms with E-state index in [0.717, 1.165) is 30.6 Å². The number of hydrogen-bond acceptors (Lipinski definition) is 5. The summed E-state index contributed by atoms with van der Waals surface area (Å²) in [4.78, 5) is 38.9. The number of halogens is 1. The van der Waals surface area contributed by atoms with Crippen molar-refractivity contribution in [3.8, 4) is 0 Å². The molecule has 7 nitrogen and oxygen atoms in total. The molecule has 8 heteroatoms. The molecule has 1 aromatic carbocycles. The molecule has 4 unspecified atom stereocenters. The molecule has 2 N–H and O–H groups in total. The third kappa shape index (κ3) is 3.66. The Hall–Kier alpha value is -1.96. The number of nitrogens with zero attached hydrogens (tertiary/aromatic N) is 1. The lowest BCUT2D eigenvalue weighted by Crippen LogP contribution is -2.36. The molecule has 3 saturated heterocycles. The summed E-state index contributed by atoms with van der Waals surface area (Å²) in [6.07, 6.45) is 1.56. The maximum absolute atomic E-state index is 12.6. The van der Waals surface area contributed by atoms with Crippen LogP contribution in [0.15, 0.2) is 24.3 Å². The minimum atomic E-state index is -0.333. The number of imide groups is 1. The van der Waals surface area contributed by atoms with Gasteiger partial charge < -0.3 is 15.4 Å². The van der Waals surface area contributed by atoms with Gasteiger partial charge in [-0.05, 0) is 31.0 Å². The van der Waals surface area contributed by atoms with Crippen molar-refractivity contribution in [2.24, 2.45) is 11.8 Å². The molecule has 152 valence electrons. The fourth-order valence-electron chi connectivity index (χ4n) is 4.48. The number of benzene rings is 1. The van der Waals surface area contributed by atoms with Gasteiger partial charge in [-0.15, -0.1) is 12.4 Å². The quantitative estimate of drug-likeness (QED) is 0.672. The number of rotatable bonds is 7. The Labute approximate surface area is 170 Å². The first-order valence-electron chi connectivity index (χ1n) is 9.69. The average molecular weight is 408 g/mol. The van der Waals surface area contributed by atoms with E-state index < -0.39 is 0 Å². The van der Waals surface area contributed by atoms with Crippen LogP contribution >= 0.6 is 12.4 Å². The van der Waals surface area contributed by atoms with E-state index in [2.05, 4.69) is 10.6 Å². The van der Waals surface area contributed by atoms with Crippen molar-refractivity contribution in [1.82, 2.24) is 10.2 Å². The average Bonchev–Trinajstić information content (AvgIpc) is 3.34. The van der Waals surface area contributed by atoms with Crippen LogP contribution in [0.25, 0.3) is 0 Å². The van der Waals surface area contributed by atoms with E-state index >= 15 is 0 Å². The van der Waals surface area contributed by atoms with Crippen LogP contribution in [0, 0.1) is 11.8 Å². The van der Waals surface area contributed by atoms with E-state index in [-0.39, 0.29) is 67.1 Å². The zero-order chi connectivity index (χ0) is 19.0. The summed E-state index contributed by atoms with van der Waals surface area (Å²) < 4.78 is 5.72. The maximum atomic E-state index is 12.6. The van der Waals surface area contributed by atoms with Gasteiger partial charge in [0, 0.05) is 25.2 Å². The Morgan fingerprint density at radius 3 is 2.43 bits per heavy atom. The standard InChI is InChI=1S/C20H25N3O4.ClH/c1-2-21-11-12-5-3-4-6-13(12)22-16(24)9-10-23-19(25)17-14-7-8-15(27-14)18(17)20(23)26;/h3-6,14-15,17-18,21H,2,7-11H2,1H3,(H,22,24);1H. The van der Waals surface area contributed by atoms with Crippen molar-refractivity contribution >= 4 is 35.8 Å². The third-order valence-electron chi connectivity index (χ3n) is 5.80. The highest BCUT2D eigenvalue weighted by molar-refractivity contribution is 6.06. The summed E-state index contributed by atoms with van der Waals surface area (Å²) in [6, 6.07) is 7.62. The number of nitrogens with one attached hydrogen (secondary N) is 2. The lowest BCUT2D eigenvalue weighted by molar-refractivity contribution is -0.142. The van der Waals surface area contributed by atoms with E-state index in [1.165, 1.54) is 4.90 Å². The summed E-state index contributed by atoms with van der Waals surface area (Å²) in [5.41, 5.74) is 1.76. The van der Waals surface area contributed by atoms with Gasteiger partial charge >= 0.3 is 0 Å². The minimum Gasteiger partial charge on any atom is -0.373 e. The highest BCUT2D eigenvalue weighted by atomic mass is 35.5. The first-order chi connectivity index (χ1) is 13.1. The number of carbonyl (C=O) groups excluding carboxylic acids is 3. The zero-order valence-electron chi connectivity index (χ0n) is 15.8. The SMILES string of the molecule is CCNCc1ccccc1NC(=O)CCN1C(=O)C2C3CCC(O3)C2C1=O.Cl. The van der Waals surface area contributed by atoms with Gasteiger partial charge in [-0.3, -0.25) is 19.3 Å². The van der Waals surface area contributed by atoms with Crippen molar-refractivity contribution in [2.75, 3.05) is 18.4 Å². The predicted molar refractivity (Wildman–Crippen MR) is 106 cm³/mol. The Bertz CT molecular complexity index is 744. The lowest BCUT2D eigenvalue weighted by atomic mass is 9.81. The topological polar surface area (TPSA) is 87.7 Å². The molecular formula is C20H26ClN3O4. The number of fused-ring (bicyclic) bond motifs is 5. The molecule has 3 heterocycles. The van der Waals surface area contributed by atoms with Crippen molar-refractivity contribution in [3.05, 3.63) is 29.8 Å². The molecule has 0 aromatic heterocycles. The Balaban J connectivity index is 0.00000225. The van der Waals surface area contributed by atoms with E-state index in [0.29, 0.717) is 6.54 Å². The van der Waals surface area contributed by atoms with Crippen LogP contribution in [0.4, 0.5) is 5.69 Å². The highest BCUT2D eigenvalue weighted by Crippen LogP contribution is 2.48. The van der Waals surface area contributed by atoms with Gasteiger partial charge in [0.15, 0.2) is 0 Å². The molecule has 4 rings (SSSR count). The largest absolute Gasteiger partial charge is 0.373 e. The number of ether oxygens (including phenoxy) is 1. The molecule has 1 aromatic rings. The second-order valence-electron chi connectivity index (χ2n) is 7.41. The first kappa shape index (κ1) is 20.8. The number of hydrogen-bond donors (Lipinski definition) is 2. The Morgan fingerprint density at radius 1 is 1.14 bits per heavy atom. The summed E-state index contributed by atoms with van der Waals surface area (Å²) in [6.45, 7) is 3.67. The Kier molecular flexibility index (Phi) is 6.37. The molecule has 0 aliphatic carbocycles. The number of likely N-dealkylation sites (tertiary alicyclic amines) is 1. The molecule has 0 saturated carbocycles. The molecular weight excluding hydrogens is 382 g/mol. The van der Waals surface area contributed by atoms with Crippen LogP contribution in [0.2, 0.25) is 0 Å². The predicted octanol–water partition coefficient (Wildman–Crippen LogP) is 1.71. The third-order valence-corrected chi connectivity index (χ3v) is 5.80. The molecule has 0 spiro atoms. The fraction of sp³-hybridized carbons (Fsp3) is 0.550. The summed E-state index contributed by atoms with van der Waals surface area (Å²) in [7, 11) is 0. The van der Waals surface area contributed by atoms with E-state index in [4.69, 9.17) is 4.74 Å². The first-order valence-corrected chi connectivity index (χ1v) is 9.69. The van der Waals surface area contributed by atoms with Gasteiger partial charge in [0.2, 0.25) is 17.7 Å². The highest BCUT2D eigenvalue weighted by Gasteiger charge is 2.62. The van der Waals surface area contributed by atoms with Crippen molar-refractivity contribution in [3.63, 3.8) is 0 Å². The second kappa shape index (κ2) is 8.59. The van der Waals surface area contributed by atoms with Crippen LogP contribution in [-0.2, 0) is 25.7 Å². The molecule has 3 fully saturated rings. The number of anilines is 1. The number of amides is 3. The molecule has 28 heavy (non-hydrogen) atoms. The number of carbonyl (C=O) groups is 3. The van der Waals surface area contributed by atoms with Gasteiger partial charge in [0.1, 0.15) is 0 Å². The molecule has 0 radical (unpaired) electrons. The summed E-state index contributed by atoms with van der Waals surface area (Å²) in [5, 5.41) is 6.14. The maximum Gasteiger partial charge on any atom is 0.235 e. The summed E-state index contributed by atoms with van der Waals surface area (Å²) in [5.74, 6) is -1.20. The zero-order valence-corrected chi connectivity index (χ0v) is 16.7. The Morgan fingerprint density at radius 2 is 1.79 bits per heavy atom. The van der Waals surface area contributed by atoms with E-state index in [1.54, 1.807) is 0 Å². The van der Waals surface area contributed by atoms with Crippen molar-refractivity contribution in [1.29, 1.82) is 0 Å². The van der Waals surface area contributed by atoms with Gasteiger partial charge in [-0.25, -0.2) is 0 Å². The van der Waals surface area contributed by atoms with Crippen LogP contribution in [0.3, 0.4) is 0 Å².